The van der Waals surface area contributed by atoms with Crippen LogP contribution in [0, 0.1) is 0 Å². The van der Waals surface area contributed by atoms with Crippen LogP contribution in [0.2, 0.25) is 0 Å². The largest absolute Gasteiger partial charge is 0.497 e. The lowest BCUT2D eigenvalue weighted by Gasteiger charge is -2.23. The summed E-state index contributed by atoms with van der Waals surface area (Å²) in [5, 5.41) is 16.7. The van der Waals surface area contributed by atoms with E-state index >= 15 is 0 Å². The van der Waals surface area contributed by atoms with Crippen molar-refractivity contribution >= 4 is 17.4 Å². The van der Waals surface area contributed by atoms with E-state index in [-0.39, 0.29) is 24.2 Å². The molecule has 0 aliphatic carbocycles. The number of amides is 1. The van der Waals surface area contributed by atoms with E-state index in [2.05, 4.69) is 10.6 Å². The number of hydrogen-bond donors (Lipinski definition) is 3. The van der Waals surface area contributed by atoms with Gasteiger partial charge in [-0.25, -0.2) is 0 Å². The lowest BCUT2D eigenvalue weighted by Crippen LogP contribution is -2.35. The third kappa shape index (κ3) is 7.66. The van der Waals surface area contributed by atoms with E-state index in [9.17, 15) is 14.7 Å². The maximum absolute atomic E-state index is 12.6. The molecule has 2 aromatic rings. The van der Waals surface area contributed by atoms with Crippen LogP contribution >= 0.6 is 0 Å². The van der Waals surface area contributed by atoms with E-state index < -0.39 is 6.10 Å². The Kier molecular flexibility index (Phi) is 9.43. The first-order valence-electron chi connectivity index (χ1n) is 10.5. The van der Waals surface area contributed by atoms with E-state index in [0.717, 1.165) is 16.9 Å². The number of ketones is 1. The zero-order valence-electron chi connectivity index (χ0n) is 18.6. The quantitative estimate of drug-likeness (QED) is 0.370. The Hall–Kier alpha value is -2.96. The summed E-state index contributed by atoms with van der Waals surface area (Å²) >= 11 is 0. The highest BCUT2D eigenvalue weighted by molar-refractivity contribution is 6.01. The molecule has 0 fully saturated rings. The van der Waals surface area contributed by atoms with Crippen LogP contribution in [-0.2, 0) is 4.79 Å². The average molecular weight is 425 g/mol. The van der Waals surface area contributed by atoms with Gasteiger partial charge in [0.2, 0.25) is 5.91 Å². The predicted molar refractivity (Wildman–Crippen MR) is 123 cm³/mol. The molecule has 6 heteroatoms. The first kappa shape index (κ1) is 24.3. The van der Waals surface area contributed by atoms with Crippen molar-refractivity contribution in [3.8, 4) is 5.75 Å². The molecular weight excluding hydrogens is 392 g/mol. The molecule has 0 saturated carbocycles. The molecule has 1 amide bonds. The number of nitrogens with one attached hydrogen (secondary N) is 2. The topological polar surface area (TPSA) is 87.7 Å². The summed E-state index contributed by atoms with van der Waals surface area (Å²) in [6.45, 7) is 6.13. The van der Waals surface area contributed by atoms with E-state index in [0.29, 0.717) is 24.2 Å². The molecule has 31 heavy (non-hydrogen) atoms. The van der Waals surface area contributed by atoms with Crippen LogP contribution in [0.5, 0.6) is 5.75 Å². The molecular formula is C25H32N2O4. The van der Waals surface area contributed by atoms with Crippen LogP contribution in [0.4, 0.5) is 5.69 Å². The van der Waals surface area contributed by atoms with Gasteiger partial charge >= 0.3 is 0 Å². The summed E-state index contributed by atoms with van der Waals surface area (Å²) in [4.78, 5) is 24.5. The Labute approximate surface area is 184 Å². The van der Waals surface area contributed by atoms with Gasteiger partial charge in [-0.15, -0.1) is 0 Å². The number of aliphatic hydroxyl groups excluding tert-OH is 1. The molecule has 0 aromatic heterocycles. The molecule has 0 radical (unpaired) electrons. The molecule has 3 N–H and O–H groups in total. The van der Waals surface area contributed by atoms with Crippen molar-refractivity contribution in [1.29, 1.82) is 0 Å². The Morgan fingerprint density at radius 2 is 1.84 bits per heavy atom. The van der Waals surface area contributed by atoms with Crippen molar-refractivity contribution < 1.29 is 19.4 Å². The summed E-state index contributed by atoms with van der Waals surface area (Å²) in [5.74, 6) is 0.492. The number of benzene rings is 2. The van der Waals surface area contributed by atoms with Crippen molar-refractivity contribution in [2.75, 3.05) is 19.0 Å². The number of anilines is 1. The van der Waals surface area contributed by atoms with Crippen LogP contribution in [-0.4, -0.2) is 36.5 Å². The lowest BCUT2D eigenvalue weighted by molar-refractivity contribution is -0.111. The Morgan fingerprint density at radius 1 is 1.13 bits per heavy atom. The maximum atomic E-state index is 12.6. The van der Waals surface area contributed by atoms with E-state index in [4.69, 9.17) is 4.74 Å². The number of Topliss-reactive ketones (excluding diaryl/α,β-unsaturated/α-hetero) is 1. The second kappa shape index (κ2) is 12.0. The van der Waals surface area contributed by atoms with E-state index in [1.807, 2.05) is 45.0 Å². The first-order chi connectivity index (χ1) is 14.8. The van der Waals surface area contributed by atoms with Crippen molar-refractivity contribution in [2.45, 2.75) is 45.8 Å². The zero-order chi connectivity index (χ0) is 22.8. The molecule has 0 heterocycles. The highest BCUT2D eigenvalue weighted by atomic mass is 16.5. The Morgan fingerprint density at radius 3 is 2.45 bits per heavy atom. The average Bonchev–Trinajstić information content (AvgIpc) is 2.75. The fourth-order valence-electron chi connectivity index (χ4n) is 3.24. The summed E-state index contributed by atoms with van der Waals surface area (Å²) in [7, 11) is 1.60. The number of methoxy groups -OCH3 is 1. The van der Waals surface area contributed by atoms with Crippen molar-refractivity contribution in [3.05, 3.63) is 71.3 Å². The summed E-state index contributed by atoms with van der Waals surface area (Å²) < 4.78 is 5.15. The van der Waals surface area contributed by atoms with Crippen LogP contribution in [0.15, 0.2) is 60.2 Å². The summed E-state index contributed by atoms with van der Waals surface area (Å²) in [5.41, 5.74) is 2.83. The second-order valence-corrected chi connectivity index (χ2v) is 7.65. The molecule has 2 unspecified atom stereocenters. The minimum Gasteiger partial charge on any atom is -0.497 e. The number of hydrogen-bond acceptors (Lipinski definition) is 5. The van der Waals surface area contributed by atoms with Gasteiger partial charge in [-0.05, 0) is 50.1 Å². The molecule has 0 saturated heterocycles. The molecule has 2 atom stereocenters. The summed E-state index contributed by atoms with van der Waals surface area (Å²) in [6, 6.07) is 14.1. The van der Waals surface area contributed by atoms with Crippen LogP contribution < -0.4 is 15.4 Å². The van der Waals surface area contributed by atoms with Crippen molar-refractivity contribution in [1.82, 2.24) is 5.32 Å². The molecule has 0 spiro atoms. The molecule has 2 aromatic carbocycles. The third-order valence-electron chi connectivity index (χ3n) is 4.91. The lowest BCUT2D eigenvalue weighted by atomic mass is 9.99. The fourth-order valence-corrected chi connectivity index (χ4v) is 3.24. The zero-order valence-corrected chi connectivity index (χ0v) is 18.6. The normalized spacial score (nSPS) is 12.5. The van der Waals surface area contributed by atoms with E-state index in [1.54, 1.807) is 31.4 Å². The highest BCUT2D eigenvalue weighted by Gasteiger charge is 2.19. The predicted octanol–water partition coefficient (Wildman–Crippen LogP) is 4.27. The molecule has 2 rings (SSSR count). The molecule has 166 valence electrons. The van der Waals surface area contributed by atoms with Gasteiger partial charge in [0.25, 0.3) is 0 Å². The van der Waals surface area contributed by atoms with Crippen molar-refractivity contribution in [2.24, 2.45) is 0 Å². The SMILES string of the molecule is CCC(NCCC(=O)c1cccc(NC(=O)C=C(C)C)c1)C(O)c1ccc(OC)cc1. The van der Waals surface area contributed by atoms with Crippen molar-refractivity contribution in [3.63, 3.8) is 0 Å². The molecule has 0 aliphatic rings. The summed E-state index contributed by atoms with van der Waals surface area (Å²) in [6.07, 6.45) is 1.83. The number of rotatable bonds is 11. The molecule has 6 nitrogen and oxygen atoms in total. The van der Waals surface area contributed by atoms with Gasteiger partial charge in [-0.1, -0.05) is 36.8 Å². The number of carbonyl (C=O) groups is 2. The Balaban J connectivity index is 1.91. The third-order valence-corrected chi connectivity index (χ3v) is 4.91. The standard InChI is InChI=1S/C25H32N2O4/c1-5-22(25(30)18-9-11-21(31-4)12-10-18)26-14-13-23(28)19-7-6-8-20(16-19)27-24(29)15-17(2)3/h6-12,15-16,22,25-26,30H,5,13-14H2,1-4H3,(H,27,29). The fraction of sp³-hybridized carbons (Fsp3) is 0.360. The van der Waals surface area contributed by atoms with Gasteiger partial charge in [-0.3, -0.25) is 9.59 Å². The number of carbonyl (C=O) groups excluding carboxylic acids is 2. The first-order valence-corrected chi connectivity index (χ1v) is 10.5. The second-order valence-electron chi connectivity index (χ2n) is 7.65. The van der Waals surface area contributed by atoms with Gasteiger partial charge in [0.1, 0.15) is 5.75 Å². The van der Waals surface area contributed by atoms with E-state index in [1.165, 1.54) is 6.08 Å². The molecule has 0 bridgehead atoms. The van der Waals surface area contributed by atoms with Gasteiger partial charge < -0.3 is 20.5 Å². The highest BCUT2D eigenvalue weighted by Crippen LogP contribution is 2.22. The minimum atomic E-state index is -0.681. The monoisotopic (exact) mass is 424 g/mol. The van der Waals surface area contributed by atoms with Crippen LogP contribution in [0.3, 0.4) is 0 Å². The van der Waals surface area contributed by atoms with Crippen LogP contribution in [0.1, 0.15) is 55.6 Å². The maximum Gasteiger partial charge on any atom is 0.248 e. The van der Waals surface area contributed by atoms with Gasteiger partial charge in [0, 0.05) is 36.3 Å². The van der Waals surface area contributed by atoms with Gasteiger partial charge in [0.05, 0.1) is 13.2 Å². The van der Waals surface area contributed by atoms with Gasteiger partial charge in [0.15, 0.2) is 5.78 Å². The number of aliphatic hydroxyl groups is 1. The number of ether oxygens (including phenoxy) is 1. The smallest absolute Gasteiger partial charge is 0.248 e. The minimum absolute atomic E-state index is 0.0281. The number of allylic oxidation sites excluding steroid dienone is 1. The molecule has 0 aliphatic heterocycles. The van der Waals surface area contributed by atoms with Crippen LogP contribution in [0.25, 0.3) is 0 Å². The Bertz CT molecular complexity index is 902. The van der Waals surface area contributed by atoms with Gasteiger partial charge in [-0.2, -0.15) is 0 Å².